The van der Waals surface area contributed by atoms with Crippen LogP contribution in [0.25, 0.3) is 11.3 Å². The van der Waals surface area contributed by atoms with Crippen LogP contribution in [-0.2, 0) is 4.79 Å². The van der Waals surface area contributed by atoms with Crippen molar-refractivity contribution in [2.75, 3.05) is 18.9 Å². The van der Waals surface area contributed by atoms with Gasteiger partial charge in [-0.2, -0.15) is 0 Å². The summed E-state index contributed by atoms with van der Waals surface area (Å²) in [6.07, 6.45) is 1.78. The minimum Gasteiger partial charge on any atom is -0.492 e. The molecule has 1 aromatic heterocycles. The molecule has 0 spiro atoms. The standard InChI is InChI=1S/C20H21N3O2S/c1-15-6-5-9-17(12-15)25-11-10-21-19(24)14-26-20-22-13-18(23-20)16-7-3-2-4-8-16/h2-9,12-13H,10-11,14H2,1H3,(H,21,24)(H,22,23). The van der Waals surface area contributed by atoms with Crippen molar-refractivity contribution in [1.82, 2.24) is 15.3 Å². The number of rotatable bonds is 8. The number of amides is 1. The van der Waals surface area contributed by atoms with Crippen molar-refractivity contribution in [3.8, 4) is 17.0 Å². The summed E-state index contributed by atoms with van der Waals surface area (Å²) in [4.78, 5) is 19.5. The molecule has 134 valence electrons. The normalized spacial score (nSPS) is 10.5. The van der Waals surface area contributed by atoms with Crippen molar-refractivity contribution < 1.29 is 9.53 Å². The van der Waals surface area contributed by atoms with Gasteiger partial charge in [0.1, 0.15) is 12.4 Å². The average Bonchev–Trinajstić information content (AvgIpc) is 3.13. The summed E-state index contributed by atoms with van der Waals surface area (Å²) in [5.74, 6) is 1.09. The second kappa shape index (κ2) is 9.10. The van der Waals surface area contributed by atoms with Crippen LogP contribution in [0.5, 0.6) is 5.75 Å². The van der Waals surface area contributed by atoms with E-state index in [0.717, 1.165) is 27.7 Å². The molecule has 0 saturated heterocycles. The SMILES string of the molecule is Cc1cccc(OCCNC(=O)CSc2ncc(-c3ccccc3)[nH]2)c1. The molecule has 1 heterocycles. The summed E-state index contributed by atoms with van der Waals surface area (Å²) in [6, 6.07) is 17.8. The van der Waals surface area contributed by atoms with E-state index in [-0.39, 0.29) is 5.91 Å². The Hall–Kier alpha value is -2.73. The Balaban J connectivity index is 1.37. The van der Waals surface area contributed by atoms with Crippen molar-refractivity contribution >= 4 is 17.7 Å². The van der Waals surface area contributed by atoms with Gasteiger partial charge in [-0.1, -0.05) is 54.2 Å². The molecule has 5 nitrogen and oxygen atoms in total. The largest absolute Gasteiger partial charge is 0.492 e. The highest BCUT2D eigenvalue weighted by atomic mass is 32.2. The average molecular weight is 367 g/mol. The van der Waals surface area contributed by atoms with E-state index in [1.165, 1.54) is 11.8 Å². The number of ether oxygens (including phenoxy) is 1. The molecule has 0 saturated carbocycles. The van der Waals surface area contributed by atoms with Gasteiger partial charge in [-0.3, -0.25) is 4.79 Å². The number of nitrogens with zero attached hydrogens (tertiary/aromatic N) is 1. The number of benzene rings is 2. The fraction of sp³-hybridized carbons (Fsp3) is 0.200. The van der Waals surface area contributed by atoms with Crippen LogP contribution in [0, 0.1) is 6.92 Å². The topological polar surface area (TPSA) is 67.0 Å². The minimum absolute atomic E-state index is 0.0412. The molecule has 6 heteroatoms. The van der Waals surface area contributed by atoms with Gasteiger partial charge >= 0.3 is 0 Å². The van der Waals surface area contributed by atoms with Gasteiger partial charge in [-0.05, 0) is 30.2 Å². The van der Waals surface area contributed by atoms with E-state index in [4.69, 9.17) is 4.74 Å². The highest BCUT2D eigenvalue weighted by Crippen LogP contribution is 2.20. The van der Waals surface area contributed by atoms with Gasteiger partial charge < -0.3 is 15.0 Å². The minimum atomic E-state index is -0.0412. The maximum absolute atomic E-state index is 11.9. The van der Waals surface area contributed by atoms with Crippen LogP contribution >= 0.6 is 11.8 Å². The molecule has 3 aromatic rings. The van der Waals surface area contributed by atoms with E-state index < -0.39 is 0 Å². The maximum Gasteiger partial charge on any atom is 0.230 e. The van der Waals surface area contributed by atoms with E-state index >= 15 is 0 Å². The third kappa shape index (κ3) is 5.39. The third-order valence-corrected chi connectivity index (χ3v) is 4.55. The molecule has 0 fully saturated rings. The Labute approximate surface area is 157 Å². The molecule has 0 aliphatic carbocycles. The number of H-pyrrole nitrogens is 1. The highest BCUT2D eigenvalue weighted by molar-refractivity contribution is 7.99. The van der Waals surface area contributed by atoms with Gasteiger partial charge in [0.2, 0.25) is 5.91 Å². The molecular formula is C20H21N3O2S. The first-order chi connectivity index (χ1) is 12.7. The fourth-order valence-corrected chi connectivity index (χ4v) is 3.07. The van der Waals surface area contributed by atoms with Crippen LogP contribution in [0.3, 0.4) is 0 Å². The van der Waals surface area contributed by atoms with Crippen molar-refractivity contribution in [2.24, 2.45) is 0 Å². The number of carbonyl (C=O) groups is 1. The monoisotopic (exact) mass is 367 g/mol. The Kier molecular flexibility index (Phi) is 6.33. The zero-order valence-corrected chi connectivity index (χ0v) is 15.4. The Morgan fingerprint density at radius 3 is 2.85 bits per heavy atom. The summed E-state index contributed by atoms with van der Waals surface area (Å²) in [5.41, 5.74) is 3.17. The first-order valence-electron chi connectivity index (χ1n) is 8.40. The molecule has 0 unspecified atom stereocenters. The number of hydrogen-bond acceptors (Lipinski definition) is 4. The number of hydrogen-bond donors (Lipinski definition) is 2. The van der Waals surface area contributed by atoms with Gasteiger partial charge in [-0.25, -0.2) is 4.98 Å². The van der Waals surface area contributed by atoms with Gasteiger partial charge in [0.25, 0.3) is 0 Å². The molecular weight excluding hydrogens is 346 g/mol. The van der Waals surface area contributed by atoms with Gasteiger partial charge in [-0.15, -0.1) is 0 Å². The van der Waals surface area contributed by atoms with Gasteiger partial charge in [0, 0.05) is 0 Å². The predicted octanol–water partition coefficient (Wildman–Crippen LogP) is 3.67. The number of carbonyl (C=O) groups excluding carboxylic acids is 1. The lowest BCUT2D eigenvalue weighted by Crippen LogP contribution is -2.29. The Morgan fingerprint density at radius 2 is 2.04 bits per heavy atom. The quantitative estimate of drug-likeness (QED) is 0.471. The summed E-state index contributed by atoms with van der Waals surface area (Å²) >= 11 is 1.38. The Morgan fingerprint density at radius 1 is 1.19 bits per heavy atom. The van der Waals surface area contributed by atoms with E-state index in [9.17, 15) is 4.79 Å². The van der Waals surface area contributed by atoms with E-state index in [2.05, 4.69) is 15.3 Å². The molecule has 2 aromatic carbocycles. The molecule has 0 aliphatic rings. The van der Waals surface area contributed by atoms with Crippen LogP contribution in [0.15, 0.2) is 66.0 Å². The van der Waals surface area contributed by atoms with Crippen LogP contribution in [0.1, 0.15) is 5.56 Å². The van der Waals surface area contributed by atoms with Crippen molar-refractivity contribution in [1.29, 1.82) is 0 Å². The summed E-state index contributed by atoms with van der Waals surface area (Å²) in [7, 11) is 0. The zero-order chi connectivity index (χ0) is 18.2. The first kappa shape index (κ1) is 18.1. The maximum atomic E-state index is 11.9. The summed E-state index contributed by atoms with van der Waals surface area (Å²) < 4.78 is 5.61. The number of aryl methyl sites for hydroxylation is 1. The lowest BCUT2D eigenvalue weighted by atomic mass is 10.2. The van der Waals surface area contributed by atoms with Crippen molar-refractivity contribution in [2.45, 2.75) is 12.1 Å². The predicted molar refractivity (Wildman–Crippen MR) is 104 cm³/mol. The van der Waals surface area contributed by atoms with Crippen molar-refractivity contribution in [3.63, 3.8) is 0 Å². The summed E-state index contributed by atoms with van der Waals surface area (Å²) in [5, 5.41) is 3.58. The van der Waals surface area contributed by atoms with E-state index in [1.54, 1.807) is 6.20 Å². The van der Waals surface area contributed by atoms with Gasteiger partial charge in [0.05, 0.1) is 24.2 Å². The molecule has 2 N–H and O–H groups in total. The highest BCUT2D eigenvalue weighted by Gasteiger charge is 2.07. The number of aromatic amines is 1. The molecule has 0 radical (unpaired) electrons. The molecule has 0 atom stereocenters. The molecule has 0 bridgehead atoms. The second-order valence-electron chi connectivity index (χ2n) is 5.77. The zero-order valence-electron chi connectivity index (χ0n) is 14.6. The molecule has 0 aliphatic heterocycles. The number of imidazole rings is 1. The number of thioether (sulfide) groups is 1. The lowest BCUT2D eigenvalue weighted by Gasteiger charge is -2.08. The van der Waals surface area contributed by atoms with Crippen molar-refractivity contribution in [3.05, 3.63) is 66.4 Å². The molecule has 3 rings (SSSR count). The van der Waals surface area contributed by atoms with Gasteiger partial charge in [0.15, 0.2) is 5.16 Å². The molecule has 26 heavy (non-hydrogen) atoms. The lowest BCUT2D eigenvalue weighted by molar-refractivity contribution is -0.118. The smallest absolute Gasteiger partial charge is 0.230 e. The van der Waals surface area contributed by atoms with Crippen LogP contribution < -0.4 is 10.1 Å². The molecule has 1 amide bonds. The number of aromatic nitrogens is 2. The Bertz CT molecular complexity index is 849. The third-order valence-electron chi connectivity index (χ3n) is 3.66. The fourth-order valence-electron chi connectivity index (χ4n) is 2.39. The second-order valence-corrected chi connectivity index (χ2v) is 6.74. The van der Waals surface area contributed by atoms with E-state index in [0.29, 0.717) is 18.9 Å². The van der Waals surface area contributed by atoms with Crippen LogP contribution in [0.4, 0.5) is 0 Å². The van der Waals surface area contributed by atoms with E-state index in [1.807, 2.05) is 61.5 Å². The van der Waals surface area contributed by atoms with Crippen LogP contribution in [0.2, 0.25) is 0 Å². The number of nitrogens with one attached hydrogen (secondary N) is 2. The first-order valence-corrected chi connectivity index (χ1v) is 9.38. The summed E-state index contributed by atoms with van der Waals surface area (Å²) in [6.45, 7) is 2.93. The van der Waals surface area contributed by atoms with Crippen LogP contribution in [-0.4, -0.2) is 34.8 Å².